The van der Waals surface area contributed by atoms with Crippen molar-refractivity contribution in [1.29, 1.82) is 0 Å². The number of anilines is 1. The predicted octanol–water partition coefficient (Wildman–Crippen LogP) is 3.90. The lowest BCUT2D eigenvalue weighted by molar-refractivity contribution is -0.384. The molecule has 136 valence electrons. The van der Waals surface area contributed by atoms with E-state index in [4.69, 9.17) is 4.74 Å². The minimum absolute atomic E-state index is 0.00578. The molecule has 26 heavy (non-hydrogen) atoms. The lowest BCUT2D eigenvalue weighted by Gasteiger charge is -2.08. The van der Waals surface area contributed by atoms with Crippen LogP contribution in [0.15, 0.2) is 42.5 Å². The molecule has 0 bridgehead atoms. The minimum Gasteiger partial charge on any atom is -0.494 e. The Labute approximate surface area is 151 Å². The highest BCUT2D eigenvalue weighted by atomic mass is 16.6. The predicted molar refractivity (Wildman–Crippen MR) is 97.6 cm³/mol. The molecule has 7 heteroatoms. The van der Waals surface area contributed by atoms with Gasteiger partial charge in [0.05, 0.1) is 17.2 Å². The number of non-ortho nitro benzene ring substituents is 1. The highest BCUT2D eigenvalue weighted by Crippen LogP contribution is 2.22. The van der Waals surface area contributed by atoms with Crippen LogP contribution < -0.4 is 10.1 Å². The largest absolute Gasteiger partial charge is 0.494 e. The molecule has 0 saturated carbocycles. The van der Waals surface area contributed by atoms with Crippen molar-refractivity contribution in [2.75, 3.05) is 11.9 Å². The van der Waals surface area contributed by atoms with E-state index in [9.17, 15) is 19.7 Å². The smallest absolute Gasteiger partial charge is 0.271 e. The highest BCUT2D eigenvalue weighted by molar-refractivity contribution is 6.00. The number of ketones is 1. The van der Waals surface area contributed by atoms with E-state index in [1.165, 1.54) is 12.1 Å². The van der Waals surface area contributed by atoms with E-state index in [1.54, 1.807) is 37.3 Å². The standard InChI is InChI=1S/C19H20N2O5/c1-3-26-16-8-5-14(6-9-16)18(22)10-11-19(23)20-17-12-15(21(24)25)7-4-13(17)2/h4-9,12H,3,10-11H2,1-2H3,(H,20,23). The average molecular weight is 356 g/mol. The molecule has 0 saturated heterocycles. The third-order valence-corrected chi connectivity index (χ3v) is 3.77. The maximum Gasteiger partial charge on any atom is 0.271 e. The summed E-state index contributed by atoms with van der Waals surface area (Å²) < 4.78 is 5.32. The van der Waals surface area contributed by atoms with Crippen LogP contribution in [0.2, 0.25) is 0 Å². The molecule has 0 unspecified atom stereocenters. The van der Waals surface area contributed by atoms with Gasteiger partial charge in [0.15, 0.2) is 5.78 Å². The lowest BCUT2D eigenvalue weighted by atomic mass is 10.1. The van der Waals surface area contributed by atoms with Gasteiger partial charge in [0, 0.05) is 30.5 Å². The topological polar surface area (TPSA) is 98.5 Å². The number of nitro groups is 1. The monoisotopic (exact) mass is 356 g/mol. The summed E-state index contributed by atoms with van der Waals surface area (Å²) in [4.78, 5) is 34.5. The molecule has 0 atom stereocenters. The van der Waals surface area contributed by atoms with Gasteiger partial charge >= 0.3 is 0 Å². The van der Waals surface area contributed by atoms with E-state index < -0.39 is 4.92 Å². The van der Waals surface area contributed by atoms with Gasteiger partial charge in [0.2, 0.25) is 5.91 Å². The molecule has 1 N–H and O–H groups in total. The van der Waals surface area contributed by atoms with Gasteiger partial charge in [-0.2, -0.15) is 0 Å². The summed E-state index contributed by atoms with van der Waals surface area (Å²) in [7, 11) is 0. The van der Waals surface area contributed by atoms with Crippen LogP contribution in [0.5, 0.6) is 5.75 Å². The first-order chi connectivity index (χ1) is 12.4. The molecular formula is C19H20N2O5. The van der Waals surface area contributed by atoms with Crippen molar-refractivity contribution in [3.63, 3.8) is 0 Å². The van der Waals surface area contributed by atoms with Gasteiger partial charge in [0.1, 0.15) is 5.75 Å². The van der Waals surface area contributed by atoms with Gasteiger partial charge in [-0.1, -0.05) is 6.07 Å². The molecule has 0 radical (unpaired) electrons. The zero-order chi connectivity index (χ0) is 19.1. The lowest BCUT2D eigenvalue weighted by Crippen LogP contribution is -2.14. The van der Waals surface area contributed by atoms with Gasteiger partial charge in [-0.15, -0.1) is 0 Å². The molecule has 2 aromatic carbocycles. The minimum atomic E-state index is -0.523. The Bertz CT molecular complexity index is 815. The Morgan fingerprint density at radius 1 is 1.12 bits per heavy atom. The SMILES string of the molecule is CCOc1ccc(C(=O)CCC(=O)Nc2cc([N+](=O)[O-])ccc2C)cc1. The molecule has 0 aliphatic rings. The number of rotatable bonds is 8. The van der Waals surface area contributed by atoms with Gasteiger partial charge < -0.3 is 10.1 Å². The number of nitrogens with zero attached hydrogens (tertiary/aromatic N) is 1. The normalized spacial score (nSPS) is 10.2. The van der Waals surface area contributed by atoms with E-state index in [-0.39, 0.29) is 30.2 Å². The van der Waals surface area contributed by atoms with E-state index in [0.29, 0.717) is 29.2 Å². The maximum absolute atomic E-state index is 12.2. The maximum atomic E-state index is 12.2. The molecule has 0 heterocycles. The molecule has 1 amide bonds. The fourth-order valence-electron chi connectivity index (χ4n) is 2.35. The number of hydrogen-bond acceptors (Lipinski definition) is 5. The Morgan fingerprint density at radius 3 is 2.42 bits per heavy atom. The van der Waals surface area contributed by atoms with E-state index in [0.717, 1.165) is 0 Å². The summed E-state index contributed by atoms with van der Waals surface area (Å²) in [6.45, 7) is 4.16. The number of ether oxygens (including phenoxy) is 1. The number of hydrogen-bond donors (Lipinski definition) is 1. The van der Waals surface area contributed by atoms with Gasteiger partial charge in [-0.25, -0.2) is 0 Å². The Kier molecular flexibility index (Phi) is 6.43. The van der Waals surface area contributed by atoms with Crippen LogP contribution in [0.3, 0.4) is 0 Å². The first-order valence-electron chi connectivity index (χ1n) is 8.21. The Morgan fingerprint density at radius 2 is 1.81 bits per heavy atom. The zero-order valence-corrected chi connectivity index (χ0v) is 14.7. The zero-order valence-electron chi connectivity index (χ0n) is 14.7. The number of amides is 1. The highest BCUT2D eigenvalue weighted by Gasteiger charge is 2.13. The van der Waals surface area contributed by atoms with Crippen molar-refractivity contribution in [1.82, 2.24) is 0 Å². The molecule has 0 aliphatic heterocycles. The summed E-state index contributed by atoms with van der Waals surface area (Å²) in [5.74, 6) is 0.162. The van der Waals surface area contributed by atoms with E-state index in [2.05, 4.69) is 5.32 Å². The molecule has 2 aromatic rings. The van der Waals surface area contributed by atoms with Crippen molar-refractivity contribution in [3.8, 4) is 5.75 Å². The summed E-state index contributed by atoms with van der Waals surface area (Å²) in [6.07, 6.45) is 0.0436. The number of nitro benzene ring substituents is 1. The van der Waals surface area contributed by atoms with Crippen molar-refractivity contribution in [2.24, 2.45) is 0 Å². The summed E-state index contributed by atoms with van der Waals surface area (Å²) in [5.41, 5.74) is 1.49. The summed E-state index contributed by atoms with van der Waals surface area (Å²) >= 11 is 0. The summed E-state index contributed by atoms with van der Waals surface area (Å²) in [6, 6.07) is 11.0. The quantitative estimate of drug-likeness (QED) is 0.439. The third kappa shape index (κ3) is 5.14. The van der Waals surface area contributed by atoms with Crippen LogP contribution in [0.25, 0.3) is 0 Å². The van der Waals surface area contributed by atoms with Crippen LogP contribution in [-0.2, 0) is 4.79 Å². The van der Waals surface area contributed by atoms with Gasteiger partial charge in [-0.05, 0) is 43.7 Å². The first-order valence-corrected chi connectivity index (χ1v) is 8.21. The van der Waals surface area contributed by atoms with Crippen molar-refractivity contribution >= 4 is 23.1 Å². The number of Topliss-reactive ketones (excluding diaryl/α,β-unsaturated/α-hetero) is 1. The van der Waals surface area contributed by atoms with E-state index in [1.807, 2.05) is 6.92 Å². The van der Waals surface area contributed by atoms with Crippen LogP contribution in [0.4, 0.5) is 11.4 Å². The van der Waals surface area contributed by atoms with Crippen molar-refractivity contribution < 1.29 is 19.2 Å². The number of benzene rings is 2. The fraction of sp³-hybridized carbons (Fsp3) is 0.263. The second-order valence-electron chi connectivity index (χ2n) is 5.69. The average Bonchev–Trinajstić information content (AvgIpc) is 2.62. The van der Waals surface area contributed by atoms with Gasteiger partial charge in [0.25, 0.3) is 5.69 Å². The first kappa shape index (κ1) is 19.1. The number of nitrogens with one attached hydrogen (secondary N) is 1. The second kappa shape index (κ2) is 8.75. The number of aryl methyl sites for hydroxylation is 1. The van der Waals surface area contributed by atoms with E-state index >= 15 is 0 Å². The molecule has 0 spiro atoms. The number of carbonyl (C=O) groups excluding carboxylic acids is 2. The van der Waals surface area contributed by atoms with Crippen molar-refractivity contribution in [3.05, 3.63) is 63.7 Å². The molecule has 0 aliphatic carbocycles. The van der Waals surface area contributed by atoms with Crippen LogP contribution >= 0.6 is 0 Å². The second-order valence-corrected chi connectivity index (χ2v) is 5.69. The van der Waals surface area contributed by atoms with Crippen LogP contribution in [0.1, 0.15) is 35.7 Å². The van der Waals surface area contributed by atoms with Gasteiger partial charge in [-0.3, -0.25) is 19.7 Å². The van der Waals surface area contributed by atoms with Crippen LogP contribution in [-0.4, -0.2) is 23.2 Å². The molecule has 0 fully saturated rings. The molecule has 2 rings (SSSR count). The molecular weight excluding hydrogens is 336 g/mol. The molecule has 7 nitrogen and oxygen atoms in total. The van der Waals surface area contributed by atoms with Crippen molar-refractivity contribution in [2.45, 2.75) is 26.7 Å². The third-order valence-electron chi connectivity index (χ3n) is 3.77. The number of carbonyl (C=O) groups is 2. The fourth-order valence-corrected chi connectivity index (χ4v) is 2.35. The Hall–Kier alpha value is -3.22. The summed E-state index contributed by atoms with van der Waals surface area (Å²) in [5, 5.41) is 13.4. The Balaban J connectivity index is 1.93. The van der Waals surface area contributed by atoms with Crippen LogP contribution in [0, 0.1) is 17.0 Å². The molecule has 0 aromatic heterocycles.